The maximum atomic E-state index is 11.6. The Morgan fingerprint density at radius 2 is 1.93 bits per heavy atom. The van der Waals surface area contributed by atoms with E-state index in [4.69, 9.17) is 0 Å². The molecule has 0 aliphatic heterocycles. The predicted octanol–water partition coefficient (Wildman–Crippen LogP) is 2.96. The first kappa shape index (κ1) is 13.9. The first-order chi connectivity index (χ1) is 6.52. The molecule has 2 atom stereocenters. The predicted molar refractivity (Wildman–Crippen MR) is 64.6 cm³/mol. The van der Waals surface area contributed by atoms with Crippen LogP contribution in [0.5, 0.6) is 0 Å². The molecule has 0 fully saturated rings. The highest BCUT2D eigenvalue weighted by Gasteiger charge is 2.18. The van der Waals surface area contributed by atoms with Crippen molar-refractivity contribution in [3.8, 4) is 0 Å². The van der Waals surface area contributed by atoms with Crippen molar-refractivity contribution in [2.24, 2.45) is 11.8 Å². The van der Waals surface area contributed by atoms with Crippen LogP contribution in [0.2, 0.25) is 0 Å². The van der Waals surface area contributed by atoms with Gasteiger partial charge in [0, 0.05) is 17.3 Å². The molecule has 1 N–H and O–H groups in total. The fourth-order valence-corrected chi connectivity index (χ4v) is 1.69. The molecule has 2 unspecified atom stereocenters. The van der Waals surface area contributed by atoms with E-state index in [1.807, 2.05) is 13.8 Å². The van der Waals surface area contributed by atoms with Crippen molar-refractivity contribution >= 4 is 21.8 Å². The third-order valence-corrected chi connectivity index (χ3v) is 3.07. The first-order valence-electron chi connectivity index (χ1n) is 5.39. The van der Waals surface area contributed by atoms with E-state index in [0.29, 0.717) is 12.0 Å². The van der Waals surface area contributed by atoms with Crippen LogP contribution in [-0.4, -0.2) is 17.3 Å². The number of rotatable bonds is 6. The highest BCUT2D eigenvalue weighted by Crippen LogP contribution is 2.10. The monoisotopic (exact) mass is 263 g/mol. The van der Waals surface area contributed by atoms with Crippen LogP contribution in [-0.2, 0) is 4.79 Å². The van der Waals surface area contributed by atoms with Crippen molar-refractivity contribution < 1.29 is 4.79 Å². The molecule has 0 aromatic heterocycles. The summed E-state index contributed by atoms with van der Waals surface area (Å²) in [7, 11) is 0. The second-order valence-electron chi connectivity index (χ2n) is 4.15. The summed E-state index contributed by atoms with van der Waals surface area (Å²) in [5.41, 5.74) is 0. The number of alkyl halides is 1. The molecule has 0 saturated carbocycles. The van der Waals surface area contributed by atoms with E-state index in [1.54, 1.807) is 0 Å². The number of hydrogen-bond donors (Lipinski definition) is 1. The maximum absolute atomic E-state index is 11.6. The molecule has 14 heavy (non-hydrogen) atoms. The molecule has 84 valence electrons. The second kappa shape index (κ2) is 7.27. The summed E-state index contributed by atoms with van der Waals surface area (Å²) < 4.78 is 0. The van der Waals surface area contributed by atoms with E-state index in [1.165, 1.54) is 0 Å². The van der Waals surface area contributed by atoms with Gasteiger partial charge < -0.3 is 5.32 Å². The van der Waals surface area contributed by atoms with Gasteiger partial charge in [0.25, 0.3) is 0 Å². The Balaban J connectivity index is 4.08. The minimum atomic E-state index is 0.131. The van der Waals surface area contributed by atoms with Crippen molar-refractivity contribution in [1.29, 1.82) is 0 Å². The quantitative estimate of drug-likeness (QED) is 0.734. The van der Waals surface area contributed by atoms with Crippen LogP contribution >= 0.6 is 15.9 Å². The van der Waals surface area contributed by atoms with Crippen LogP contribution in [0.3, 0.4) is 0 Å². The molecule has 0 bridgehead atoms. The smallest absolute Gasteiger partial charge is 0.223 e. The van der Waals surface area contributed by atoms with E-state index in [9.17, 15) is 4.79 Å². The molecule has 0 aromatic rings. The lowest BCUT2D eigenvalue weighted by atomic mass is 10.00. The number of nitrogens with one attached hydrogen (secondary N) is 1. The summed E-state index contributed by atoms with van der Waals surface area (Å²) in [5.74, 6) is 0.819. The van der Waals surface area contributed by atoms with Crippen LogP contribution < -0.4 is 5.32 Å². The van der Waals surface area contributed by atoms with Crippen LogP contribution in [0.4, 0.5) is 0 Å². The minimum absolute atomic E-state index is 0.131. The molecule has 1 amide bonds. The van der Waals surface area contributed by atoms with Gasteiger partial charge in [0.2, 0.25) is 5.91 Å². The Kier molecular flexibility index (Phi) is 7.24. The van der Waals surface area contributed by atoms with Gasteiger partial charge in [0.05, 0.1) is 0 Å². The van der Waals surface area contributed by atoms with Crippen LogP contribution in [0, 0.1) is 11.8 Å². The van der Waals surface area contributed by atoms with E-state index >= 15 is 0 Å². The third-order valence-electron chi connectivity index (χ3n) is 2.61. The molecule has 0 heterocycles. The third kappa shape index (κ3) is 4.99. The average molecular weight is 264 g/mol. The summed E-state index contributed by atoms with van der Waals surface area (Å²) in [6.45, 7) is 8.30. The number of carbonyl (C=O) groups excluding carboxylic acids is 1. The summed E-state index contributed by atoms with van der Waals surface area (Å²) in [6.07, 6.45) is 1.91. The van der Waals surface area contributed by atoms with Crippen molar-refractivity contribution in [3.63, 3.8) is 0 Å². The van der Waals surface area contributed by atoms with Gasteiger partial charge in [0.1, 0.15) is 0 Å². The van der Waals surface area contributed by atoms with Gasteiger partial charge in [-0.25, -0.2) is 0 Å². The molecule has 0 radical (unpaired) electrons. The van der Waals surface area contributed by atoms with Gasteiger partial charge in [-0.2, -0.15) is 0 Å². The Morgan fingerprint density at radius 3 is 2.29 bits per heavy atom. The minimum Gasteiger partial charge on any atom is -0.353 e. The Labute approximate surface area is 96.0 Å². The van der Waals surface area contributed by atoms with Gasteiger partial charge in [-0.15, -0.1) is 0 Å². The standard InChI is InChI=1S/C11H22BrNO/c1-5-9(4)11(14)13-10(6-7-12)8(2)3/h8-10H,5-7H2,1-4H3,(H,13,14). The Morgan fingerprint density at radius 1 is 1.36 bits per heavy atom. The summed E-state index contributed by atoms with van der Waals surface area (Å²) in [6, 6.07) is 0.302. The molecule has 0 aliphatic carbocycles. The molecule has 0 aliphatic rings. The van der Waals surface area contributed by atoms with Crippen molar-refractivity contribution in [2.75, 3.05) is 5.33 Å². The van der Waals surface area contributed by atoms with Gasteiger partial charge in [-0.3, -0.25) is 4.79 Å². The largest absolute Gasteiger partial charge is 0.353 e. The van der Waals surface area contributed by atoms with Crippen molar-refractivity contribution in [1.82, 2.24) is 5.32 Å². The van der Waals surface area contributed by atoms with Crippen molar-refractivity contribution in [3.05, 3.63) is 0 Å². The number of amides is 1. The molecule has 0 spiro atoms. The van der Waals surface area contributed by atoms with Crippen LogP contribution in [0.1, 0.15) is 40.5 Å². The zero-order valence-electron chi connectivity index (χ0n) is 9.64. The highest BCUT2D eigenvalue weighted by atomic mass is 79.9. The molecule has 0 aromatic carbocycles. The summed E-state index contributed by atoms with van der Waals surface area (Å²) in [4.78, 5) is 11.6. The number of carbonyl (C=O) groups is 1. The Hall–Kier alpha value is -0.0500. The lowest BCUT2D eigenvalue weighted by Gasteiger charge is -2.23. The van der Waals surface area contributed by atoms with Gasteiger partial charge in [-0.05, 0) is 18.8 Å². The topological polar surface area (TPSA) is 29.1 Å². The van der Waals surface area contributed by atoms with E-state index in [0.717, 1.165) is 18.2 Å². The highest BCUT2D eigenvalue weighted by molar-refractivity contribution is 9.09. The van der Waals surface area contributed by atoms with Gasteiger partial charge >= 0.3 is 0 Å². The normalized spacial score (nSPS) is 15.3. The summed E-state index contributed by atoms with van der Waals surface area (Å²) in [5, 5.41) is 4.04. The fourth-order valence-electron chi connectivity index (χ4n) is 1.20. The van der Waals surface area contributed by atoms with E-state index in [2.05, 4.69) is 35.1 Å². The zero-order valence-corrected chi connectivity index (χ0v) is 11.2. The van der Waals surface area contributed by atoms with Crippen LogP contribution in [0.25, 0.3) is 0 Å². The van der Waals surface area contributed by atoms with Crippen molar-refractivity contribution in [2.45, 2.75) is 46.6 Å². The fraction of sp³-hybridized carbons (Fsp3) is 0.909. The molecule has 2 nitrogen and oxygen atoms in total. The molecule has 0 saturated heterocycles. The lowest BCUT2D eigenvalue weighted by molar-refractivity contribution is -0.125. The van der Waals surface area contributed by atoms with E-state index in [-0.39, 0.29) is 11.8 Å². The SMILES string of the molecule is CCC(C)C(=O)NC(CCBr)C(C)C. The second-order valence-corrected chi connectivity index (χ2v) is 4.94. The Bertz CT molecular complexity index is 171. The maximum Gasteiger partial charge on any atom is 0.223 e. The zero-order chi connectivity index (χ0) is 11.1. The molecular weight excluding hydrogens is 242 g/mol. The van der Waals surface area contributed by atoms with Gasteiger partial charge in [0.15, 0.2) is 0 Å². The van der Waals surface area contributed by atoms with E-state index < -0.39 is 0 Å². The molecular formula is C11H22BrNO. The molecule has 0 rings (SSSR count). The van der Waals surface area contributed by atoms with Gasteiger partial charge in [-0.1, -0.05) is 43.6 Å². The molecule has 3 heteroatoms. The summed E-state index contributed by atoms with van der Waals surface area (Å²) >= 11 is 3.41. The number of hydrogen-bond acceptors (Lipinski definition) is 1. The van der Waals surface area contributed by atoms with Crippen LogP contribution in [0.15, 0.2) is 0 Å². The lowest BCUT2D eigenvalue weighted by Crippen LogP contribution is -2.41. The number of halogens is 1. The average Bonchev–Trinajstić information content (AvgIpc) is 2.15. The first-order valence-corrected chi connectivity index (χ1v) is 6.51.